The molecule has 168 valence electrons. The molecule has 33 heavy (non-hydrogen) atoms. The molecule has 1 aliphatic rings. The lowest BCUT2D eigenvalue weighted by atomic mass is 10.2. The number of nitrogens with one attached hydrogen (secondary N) is 3. The first kappa shape index (κ1) is 20.5. The van der Waals surface area contributed by atoms with E-state index in [2.05, 4.69) is 31.0 Å². The molecule has 1 aliphatic heterocycles. The summed E-state index contributed by atoms with van der Waals surface area (Å²) in [5.74, 6) is 0.678. The van der Waals surface area contributed by atoms with Crippen molar-refractivity contribution in [3.8, 4) is 11.5 Å². The lowest BCUT2D eigenvalue weighted by Crippen LogP contribution is -2.23. The number of carbonyl (C=O) groups excluding carboxylic acids is 1. The number of nitrogens with zero attached hydrogens (tertiary/aromatic N) is 4. The number of rotatable bonds is 6. The third kappa shape index (κ3) is 4.33. The zero-order valence-electron chi connectivity index (χ0n) is 17.6. The first-order valence-electron chi connectivity index (χ1n) is 10.2. The monoisotopic (exact) mass is 449 g/mol. The van der Waals surface area contributed by atoms with Gasteiger partial charge in [-0.1, -0.05) is 0 Å². The molecule has 0 radical (unpaired) electrons. The SMILES string of the molecule is CNC(=O)Cn1ncc2ccc(Nc3ncc(F)c(Nc4ccc5c(c4)OCCO5)n3)cc21. The average molecular weight is 449 g/mol. The topological polar surface area (TPSA) is 115 Å². The van der Waals surface area contributed by atoms with Crippen LogP contribution < -0.4 is 25.4 Å². The van der Waals surface area contributed by atoms with Crippen LogP contribution in [0.3, 0.4) is 0 Å². The van der Waals surface area contributed by atoms with E-state index in [-0.39, 0.29) is 24.2 Å². The van der Waals surface area contributed by atoms with Crippen molar-refractivity contribution in [1.29, 1.82) is 0 Å². The van der Waals surface area contributed by atoms with Crippen molar-refractivity contribution in [2.45, 2.75) is 6.54 Å². The van der Waals surface area contributed by atoms with Crippen LogP contribution in [0.4, 0.5) is 27.5 Å². The third-order valence-electron chi connectivity index (χ3n) is 5.02. The Balaban J connectivity index is 1.37. The highest BCUT2D eigenvalue weighted by molar-refractivity contribution is 5.85. The second-order valence-corrected chi connectivity index (χ2v) is 7.25. The molecule has 11 heteroatoms. The van der Waals surface area contributed by atoms with Gasteiger partial charge in [0.25, 0.3) is 0 Å². The Morgan fingerprint density at radius 3 is 2.70 bits per heavy atom. The van der Waals surface area contributed by atoms with Crippen molar-refractivity contribution in [3.63, 3.8) is 0 Å². The van der Waals surface area contributed by atoms with E-state index in [1.54, 1.807) is 36.1 Å². The first-order chi connectivity index (χ1) is 16.1. The molecule has 0 unspecified atom stereocenters. The predicted octanol–water partition coefficient (Wildman–Crippen LogP) is 2.97. The summed E-state index contributed by atoms with van der Waals surface area (Å²) < 4.78 is 27.1. The number of fused-ring (bicyclic) bond motifs is 2. The Morgan fingerprint density at radius 1 is 1.06 bits per heavy atom. The summed E-state index contributed by atoms with van der Waals surface area (Å²) in [6, 6.07) is 10.8. The summed E-state index contributed by atoms with van der Waals surface area (Å²) in [6.07, 6.45) is 2.77. The van der Waals surface area contributed by atoms with Crippen LogP contribution in [-0.4, -0.2) is 45.9 Å². The maximum atomic E-state index is 14.4. The van der Waals surface area contributed by atoms with E-state index < -0.39 is 5.82 Å². The molecule has 0 atom stereocenters. The van der Waals surface area contributed by atoms with E-state index >= 15 is 0 Å². The van der Waals surface area contributed by atoms with Crippen LogP contribution in [0, 0.1) is 5.82 Å². The van der Waals surface area contributed by atoms with E-state index in [9.17, 15) is 9.18 Å². The zero-order valence-corrected chi connectivity index (χ0v) is 17.6. The number of aromatic nitrogens is 4. The molecule has 10 nitrogen and oxygen atoms in total. The highest BCUT2D eigenvalue weighted by Crippen LogP contribution is 2.34. The van der Waals surface area contributed by atoms with Crippen molar-refractivity contribution in [2.24, 2.45) is 0 Å². The fourth-order valence-electron chi connectivity index (χ4n) is 3.39. The summed E-state index contributed by atoms with van der Waals surface area (Å²) in [4.78, 5) is 20.0. The summed E-state index contributed by atoms with van der Waals surface area (Å²) in [5.41, 5.74) is 2.03. The van der Waals surface area contributed by atoms with Crippen molar-refractivity contribution in [3.05, 3.63) is 54.6 Å². The molecule has 3 heterocycles. The zero-order chi connectivity index (χ0) is 22.8. The van der Waals surface area contributed by atoms with Gasteiger partial charge in [-0.15, -0.1) is 0 Å². The van der Waals surface area contributed by atoms with Crippen molar-refractivity contribution in [1.82, 2.24) is 25.1 Å². The van der Waals surface area contributed by atoms with Crippen LogP contribution in [0.15, 0.2) is 48.8 Å². The predicted molar refractivity (Wildman–Crippen MR) is 120 cm³/mol. The van der Waals surface area contributed by atoms with Gasteiger partial charge in [0.15, 0.2) is 23.1 Å². The Kier molecular flexibility index (Phi) is 5.35. The molecule has 2 aromatic carbocycles. The van der Waals surface area contributed by atoms with Crippen LogP contribution >= 0.6 is 0 Å². The van der Waals surface area contributed by atoms with Gasteiger partial charge in [-0.25, -0.2) is 9.37 Å². The van der Waals surface area contributed by atoms with Gasteiger partial charge in [0.1, 0.15) is 19.8 Å². The molecular formula is C22H20FN7O3. The molecule has 4 aromatic rings. The number of hydrogen-bond acceptors (Lipinski definition) is 8. The fraction of sp³-hybridized carbons (Fsp3) is 0.182. The van der Waals surface area contributed by atoms with Gasteiger partial charge in [-0.3, -0.25) is 9.48 Å². The maximum Gasteiger partial charge on any atom is 0.241 e. The number of hydrogen-bond donors (Lipinski definition) is 3. The Hall–Kier alpha value is -4.41. The summed E-state index contributed by atoms with van der Waals surface area (Å²) >= 11 is 0. The third-order valence-corrected chi connectivity index (χ3v) is 5.02. The standard InChI is InChI=1S/C22H20FN7O3/c1-24-20(31)12-30-17-8-14(3-2-13(17)10-26-30)28-22-25-11-16(23)21(29-22)27-15-4-5-18-19(9-15)33-7-6-32-18/h2-5,8-11H,6-7,12H2,1H3,(H,24,31)(H2,25,27,28,29). The van der Waals surface area contributed by atoms with E-state index in [1.807, 2.05) is 18.2 Å². The molecule has 0 fully saturated rings. The van der Waals surface area contributed by atoms with Crippen molar-refractivity contribution >= 4 is 40.0 Å². The molecule has 0 saturated carbocycles. The minimum atomic E-state index is -0.602. The van der Waals surface area contributed by atoms with Gasteiger partial charge in [0, 0.05) is 29.9 Å². The van der Waals surface area contributed by atoms with E-state index in [0.29, 0.717) is 36.1 Å². The Labute approximate surface area is 187 Å². The van der Waals surface area contributed by atoms with Gasteiger partial charge >= 0.3 is 0 Å². The summed E-state index contributed by atoms with van der Waals surface area (Å²) in [5, 5.41) is 13.7. The molecule has 0 saturated heterocycles. The molecule has 5 rings (SSSR count). The number of carbonyl (C=O) groups is 1. The second-order valence-electron chi connectivity index (χ2n) is 7.25. The minimum absolute atomic E-state index is 0.00918. The van der Waals surface area contributed by atoms with E-state index in [1.165, 1.54) is 0 Å². The number of ether oxygens (including phenoxy) is 2. The largest absolute Gasteiger partial charge is 0.486 e. The second kappa shape index (κ2) is 8.61. The summed E-state index contributed by atoms with van der Waals surface area (Å²) in [6.45, 7) is 1.05. The smallest absolute Gasteiger partial charge is 0.241 e. The van der Waals surface area contributed by atoms with Crippen LogP contribution in [-0.2, 0) is 11.3 Å². The lowest BCUT2D eigenvalue weighted by molar-refractivity contribution is -0.121. The molecule has 3 N–H and O–H groups in total. The maximum absolute atomic E-state index is 14.4. The number of amides is 1. The van der Waals surface area contributed by atoms with Gasteiger partial charge in [-0.05, 0) is 30.3 Å². The number of likely N-dealkylation sites (N-methyl/N-ethyl adjacent to an activating group) is 1. The van der Waals surface area contributed by atoms with Crippen LogP contribution in [0.5, 0.6) is 11.5 Å². The highest BCUT2D eigenvalue weighted by atomic mass is 19.1. The molecule has 2 aromatic heterocycles. The number of benzene rings is 2. The molecule has 0 aliphatic carbocycles. The van der Waals surface area contributed by atoms with Gasteiger partial charge in [-0.2, -0.15) is 10.1 Å². The molecule has 0 bridgehead atoms. The van der Waals surface area contributed by atoms with Gasteiger partial charge in [0.05, 0.1) is 17.9 Å². The normalized spacial score (nSPS) is 12.4. The first-order valence-corrected chi connectivity index (χ1v) is 10.2. The minimum Gasteiger partial charge on any atom is -0.486 e. The van der Waals surface area contributed by atoms with Crippen LogP contribution in [0.1, 0.15) is 0 Å². The lowest BCUT2D eigenvalue weighted by Gasteiger charge is -2.19. The van der Waals surface area contributed by atoms with E-state index in [4.69, 9.17) is 9.47 Å². The Bertz CT molecular complexity index is 1340. The Morgan fingerprint density at radius 2 is 1.85 bits per heavy atom. The highest BCUT2D eigenvalue weighted by Gasteiger charge is 2.14. The molecule has 0 spiro atoms. The van der Waals surface area contributed by atoms with Crippen molar-refractivity contribution < 1.29 is 18.7 Å². The van der Waals surface area contributed by atoms with Gasteiger partial charge in [0.2, 0.25) is 11.9 Å². The molecule has 1 amide bonds. The average Bonchev–Trinajstić information content (AvgIpc) is 3.23. The van der Waals surface area contributed by atoms with Gasteiger partial charge < -0.3 is 25.4 Å². The van der Waals surface area contributed by atoms with Crippen LogP contribution in [0.2, 0.25) is 0 Å². The number of anilines is 4. The molecular weight excluding hydrogens is 429 g/mol. The number of halogens is 1. The quantitative estimate of drug-likeness (QED) is 0.412. The fourth-order valence-corrected chi connectivity index (χ4v) is 3.39. The van der Waals surface area contributed by atoms with Crippen LogP contribution in [0.25, 0.3) is 10.9 Å². The van der Waals surface area contributed by atoms with Crippen molar-refractivity contribution in [2.75, 3.05) is 30.9 Å². The van der Waals surface area contributed by atoms with E-state index in [0.717, 1.165) is 17.1 Å². The summed E-state index contributed by atoms with van der Waals surface area (Å²) in [7, 11) is 1.57.